The summed E-state index contributed by atoms with van der Waals surface area (Å²) in [5, 5.41) is 0.837. The Balaban J connectivity index is 1.64. The lowest BCUT2D eigenvalue weighted by Gasteiger charge is -2.25. The highest BCUT2D eigenvalue weighted by Gasteiger charge is 2.31. The van der Waals surface area contributed by atoms with Crippen LogP contribution in [0.4, 0.5) is 0 Å². The van der Waals surface area contributed by atoms with Gasteiger partial charge in [0.2, 0.25) is 0 Å². The Labute approximate surface area is 173 Å². The van der Waals surface area contributed by atoms with Crippen molar-refractivity contribution in [1.29, 1.82) is 0 Å². The molecule has 1 amide bonds. The molecule has 28 heavy (non-hydrogen) atoms. The Hall–Kier alpha value is -1.81. The lowest BCUT2D eigenvalue weighted by molar-refractivity contribution is -0.137. The maximum atomic E-state index is 12.8. The third-order valence-corrected chi connectivity index (χ3v) is 6.76. The number of benzene rings is 1. The first-order chi connectivity index (χ1) is 13.3. The number of sulfonamides is 1. The minimum Gasteiger partial charge on any atom is -0.479 e. The second-order valence-corrected chi connectivity index (χ2v) is 9.08. The molecule has 2 heterocycles. The fourth-order valence-corrected chi connectivity index (χ4v) is 4.76. The standard InChI is InChI=1S/C17H20Cl2N4O4S/c1-12(27-15-4-3-13(18)9-14(15)19)17(24)22-5-2-6-23(8-7-22)28(25,26)16-10-20-11-21-16/h3-4,9-12H,2,5-8H2,1H3,(H,20,21)/t12-/m1/s1. The van der Waals surface area contributed by atoms with Crippen molar-refractivity contribution >= 4 is 39.1 Å². The molecular weight excluding hydrogens is 427 g/mol. The van der Waals surface area contributed by atoms with Crippen molar-refractivity contribution in [3.05, 3.63) is 40.8 Å². The number of hydrogen-bond acceptors (Lipinski definition) is 5. The van der Waals surface area contributed by atoms with Crippen molar-refractivity contribution in [1.82, 2.24) is 19.2 Å². The molecule has 1 aliphatic rings. The molecule has 0 saturated carbocycles. The zero-order valence-electron chi connectivity index (χ0n) is 15.1. The number of halogens is 2. The van der Waals surface area contributed by atoms with E-state index < -0.39 is 16.1 Å². The van der Waals surface area contributed by atoms with E-state index in [9.17, 15) is 13.2 Å². The molecule has 0 aliphatic carbocycles. The quantitative estimate of drug-likeness (QED) is 0.760. The number of aromatic amines is 1. The van der Waals surface area contributed by atoms with Gasteiger partial charge in [-0.25, -0.2) is 13.4 Å². The van der Waals surface area contributed by atoms with Gasteiger partial charge in [-0.2, -0.15) is 4.31 Å². The predicted molar refractivity (Wildman–Crippen MR) is 105 cm³/mol. The Morgan fingerprint density at radius 1 is 1.25 bits per heavy atom. The van der Waals surface area contributed by atoms with E-state index in [1.165, 1.54) is 16.8 Å². The highest BCUT2D eigenvalue weighted by molar-refractivity contribution is 7.89. The lowest BCUT2D eigenvalue weighted by Crippen LogP contribution is -2.43. The third-order valence-electron chi connectivity index (χ3n) is 4.40. The Kier molecular flexibility index (Phi) is 6.49. The van der Waals surface area contributed by atoms with Gasteiger partial charge in [-0.1, -0.05) is 23.2 Å². The first-order valence-corrected chi connectivity index (χ1v) is 10.9. The molecule has 152 valence electrons. The highest BCUT2D eigenvalue weighted by atomic mass is 35.5. The zero-order valence-corrected chi connectivity index (χ0v) is 17.5. The second-order valence-electron chi connectivity index (χ2n) is 6.33. The van der Waals surface area contributed by atoms with E-state index in [1.54, 1.807) is 30.0 Å². The minimum absolute atomic E-state index is 0.0429. The normalized spacial score (nSPS) is 17.2. The van der Waals surface area contributed by atoms with E-state index in [2.05, 4.69) is 9.97 Å². The summed E-state index contributed by atoms with van der Waals surface area (Å²) in [6.07, 6.45) is 2.35. The van der Waals surface area contributed by atoms with E-state index in [-0.39, 0.29) is 24.0 Å². The van der Waals surface area contributed by atoms with E-state index in [4.69, 9.17) is 27.9 Å². The number of aromatic nitrogens is 2. The van der Waals surface area contributed by atoms with Crippen LogP contribution in [0.2, 0.25) is 10.0 Å². The Morgan fingerprint density at radius 3 is 2.71 bits per heavy atom. The van der Waals surface area contributed by atoms with Gasteiger partial charge in [0.05, 0.1) is 17.5 Å². The first kappa shape index (κ1) is 20.9. The largest absolute Gasteiger partial charge is 0.479 e. The number of imidazole rings is 1. The molecule has 1 atom stereocenters. The van der Waals surface area contributed by atoms with Crippen molar-refractivity contribution in [2.24, 2.45) is 0 Å². The molecule has 0 bridgehead atoms. The SMILES string of the molecule is C[C@@H](Oc1ccc(Cl)cc1Cl)C(=O)N1CCCN(S(=O)(=O)c2cnc[nH]2)CC1. The fraction of sp³-hybridized carbons (Fsp3) is 0.412. The number of amides is 1. The number of nitrogens with zero attached hydrogens (tertiary/aromatic N) is 3. The van der Waals surface area contributed by atoms with Crippen molar-refractivity contribution in [2.75, 3.05) is 26.2 Å². The van der Waals surface area contributed by atoms with E-state index in [0.29, 0.717) is 35.3 Å². The molecular formula is C17H20Cl2N4O4S. The van der Waals surface area contributed by atoms with Gasteiger partial charge in [0.25, 0.3) is 15.9 Å². The van der Waals surface area contributed by atoms with E-state index in [0.717, 1.165) is 0 Å². The second kappa shape index (κ2) is 8.69. The molecule has 11 heteroatoms. The van der Waals surface area contributed by atoms with Crippen LogP contribution in [0.3, 0.4) is 0 Å². The van der Waals surface area contributed by atoms with Crippen LogP contribution in [0, 0.1) is 0 Å². The molecule has 0 radical (unpaired) electrons. The van der Waals surface area contributed by atoms with Gasteiger partial charge < -0.3 is 14.6 Å². The van der Waals surface area contributed by atoms with Gasteiger partial charge in [0.1, 0.15) is 5.75 Å². The molecule has 1 aliphatic heterocycles. The van der Waals surface area contributed by atoms with E-state index >= 15 is 0 Å². The predicted octanol–water partition coefficient (Wildman–Crippen LogP) is 2.41. The summed E-state index contributed by atoms with van der Waals surface area (Å²) in [7, 11) is -3.65. The summed E-state index contributed by atoms with van der Waals surface area (Å²) in [5.74, 6) is 0.136. The van der Waals surface area contributed by atoms with Crippen LogP contribution < -0.4 is 4.74 Å². The first-order valence-electron chi connectivity index (χ1n) is 8.68. The van der Waals surface area contributed by atoms with Crippen molar-refractivity contribution in [3.8, 4) is 5.75 Å². The molecule has 1 saturated heterocycles. The maximum absolute atomic E-state index is 12.8. The van der Waals surface area contributed by atoms with Crippen molar-refractivity contribution in [3.63, 3.8) is 0 Å². The van der Waals surface area contributed by atoms with Crippen LogP contribution in [-0.4, -0.2) is 65.8 Å². The summed E-state index contributed by atoms with van der Waals surface area (Å²) in [6.45, 7) is 2.87. The number of carbonyl (C=O) groups is 1. The summed E-state index contributed by atoms with van der Waals surface area (Å²) in [6, 6.07) is 4.78. The Morgan fingerprint density at radius 2 is 2.04 bits per heavy atom. The van der Waals surface area contributed by atoms with Gasteiger partial charge in [0, 0.05) is 31.2 Å². The van der Waals surface area contributed by atoms with Gasteiger partial charge in [-0.15, -0.1) is 0 Å². The van der Waals surface area contributed by atoms with Crippen LogP contribution in [0.1, 0.15) is 13.3 Å². The summed E-state index contributed by atoms with van der Waals surface area (Å²) in [4.78, 5) is 20.8. The molecule has 1 fully saturated rings. The molecule has 1 aromatic heterocycles. The monoisotopic (exact) mass is 446 g/mol. The van der Waals surface area contributed by atoms with Crippen LogP contribution in [0.25, 0.3) is 0 Å². The summed E-state index contributed by atoms with van der Waals surface area (Å²) in [5.41, 5.74) is 0. The highest BCUT2D eigenvalue weighted by Crippen LogP contribution is 2.28. The Bertz CT molecular complexity index is 937. The number of hydrogen-bond donors (Lipinski definition) is 1. The van der Waals surface area contributed by atoms with Crippen LogP contribution in [0.5, 0.6) is 5.75 Å². The summed E-state index contributed by atoms with van der Waals surface area (Å²) < 4.78 is 32.3. The number of nitrogens with one attached hydrogen (secondary N) is 1. The molecule has 3 rings (SSSR count). The number of carbonyl (C=O) groups excluding carboxylic acids is 1. The number of ether oxygens (including phenoxy) is 1. The summed E-state index contributed by atoms with van der Waals surface area (Å²) >= 11 is 12.0. The zero-order chi connectivity index (χ0) is 20.3. The van der Waals surface area contributed by atoms with Crippen LogP contribution >= 0.6 is 23.2 Å². The molecule has 8 nitrogen and oxygen atoms in total. The molecule has 1 aromatic carbocycles. The molecule has 2 aromatic rings. The van der Waals surface area contributed by atoms with Crippen molar-refractivity contribution < 1.29 is 17.9 Å². The smallest absolute Gasteiger partial charge is 0.263 e. The molecule has 0 spiro atoms. The van der Waals surface area contributed by atoms with Gasteiger partial charge >= 0.3 is 0 Å². The fourth-order valence-electron chi connectivity index (χ4n) is 2.95. The van der Waals surface area contributed by atoms with Gasteiger partial charge in [-0.3, -0.25) is 4.79 Å². The minimum atomic E-state index is -3.65. The van der Waals surface area contributed by atoms with Gasteiger partial charge in [-0.05, 0) is 31.5 Å². The van der Waals surface area contributed by atoms with Crippen LogP contribution in [-0.2, 0) is 14.8 Å². The average molecular weight is 447 g/mol. The average Bonchev–Trinajstić information content (AvgIpc) is 3.09. The number of rotatable bonds is 5. The molecule has 1 N–H and O–H groups in total. The number of H-pyrrole nitrogens is 1. The third kappa shape index (κ3) is 4.60. The maximum Gasteiger partial charge on any atom is 0.263 e. The van der Waals surface area contributed by atoms with Gasteiger partial charge in [0.15, 0.2) is 11.1 Å². The lowest BCUT2D eigenvalue weighted by atomic mass is 10.3. The van der Waals surface area contributed by atoms with Crippen LogP contribution in [0.15, 0.2) is 35.7 Å². The molecule has 0 unspecified atom stereocenters. The topological polar surface area (TPSA) is 95.6 Å². The van der Waals surface area contributed by atoms with Crippen molar-refractivity contribution in [2.45, 2.75) is 24.5 Å². The van der Waals surface area contributed by atoms with E-state index in [1.807, 2.05) is 0 Å².